The van der Waals surface area contributed by atoms with Crippen LogP contribution in [0.5, 0.6) is 5.75 Å². The van der Waals surface area contributed by atoms with E-state index >= 15 is 0 Å². The standard InChI is InChI=1S/C12H13N3O5/c1-8-2-3-9(15(18)19)10(6-8)20-7-11(16)14-5-4-13-12(14)17/h2-3,6H,4-5,7H2,1H3,(H,13,17). The van der Waals surface area contributed by atoms with E-state index < -0.39 is 23.5 Å². The minimum absolute atomic E-state index is 0.0166. The maximum atomic E-state index is 11.8. The SMILES string of the molecule is Cc1ccc([N+](=O)[O-])c(OCC(=O)N2CCNC2=O)c1. The predicted molar refractivity (Wildman–Crippen MR) is 68.4 cm³/mol. The number of ether oxygens (including phenoxy) is 1. The van der Waals surface area contributed by atoms with Crippen molar-refractivity contribution < 1.29 is 19.2 Å². The van der Waals surface area contributed by atoms with Crippen LogP contribution in [0.15, 0.2) is 18.2 Å². The largest absolute Gasteiger partial charge is 0.477 e. The van der Waals surface area contributed by atoms with Gasteiger partial charge in [-0.3, -0.25) is 19.8 Å². The molecule has 20 heavy (non-hydrogen) atoms. The summed E-state index contributed by atoms with van der Waals surface area (Å²) in [5.41, 5.74) is 0.561. The summed E-state index contributed by atoms with van der Waals surface area (Å²) in [6.07, 6.45) is 0. The molecule has 0 aliphatic carbocycles. The number of hydrogen-bond acceptors (Lipinski definition) is 5. The molecule has 0 aromatic heterocycles. The van der Waals surface area contributed by atoms with Gasteiger partial charge < -0.3 is 10.1 Å². The number of amides is 3. The van der Waals surface area contributed by atoms with Gasteiger partial charge in [0.05, 0.1) is 4.92 Å². The van der Waals surface area contributed by atoms with Crippen molar-refractivity contribution in [1.29, 1.82) is 0 Å². The second kappa shape index (κ2) is 5.55. The molecule has 1 aromatic rings. The van der Waals surface area contributed by atoms with Gasteiger partial charge in [0.15, 0.2) is 12.4 Å². The number of hydrogen-bond donors (Lipinski definition) is 1. The van der Waals surface area contributed by atoms with Crippen LogP contribution in [0.4, 0.5) is 10.5 Å². The highest BCUT2D eigenvalue weighted by molar-refractivity contribution is 5.96. The minimum atomic E-state index is -0.582. The summed E-state index contributed by atoms with van der Waals surface area (Å²) >= 11 is 0. The van der Waals surface area contributed by atoms with Gasteiger partial charge in [-0.1, -0.05) is 6.07 Å². The quantitative estimate of drug-likeness (QED) is 0.649. The van der Waals surface area contributed by atoms with E-state index in [9.17, 15) is 19.7 Å². The predicted octanol–water partition coefficient (Wildman–Crippen LogP) is 0.834. The number of rotatable bonds is 4. The molecule has 1 saturated heterocycles. The van der Waals surface area contributed by atoms with Gasteiger partial charge in [0, 0.05) is 19.2 Å². The van der Waals surface area contributed by atoms with Crippen molar-refractivity contribution in [3.05, 3.63) is 33.9 Å². The number of nitrogens with zero attached hydrogens (tertiary/aromatic N) is 2. The Kier molecular flexibility index (Phi) is 3.83. The molecule has 2 rings (SSSR count). The third-order valence-corrected chi connectivity index (χ3v) is 2.82. The summed E-state index contributed by atoms with van der Waals surface area (Å²) in [5, 5.41) is 13.3. The molecule has 0 unspecified atom stereocenters. The molecule has 106 valence electrons. The lowest BCUT2D eigenvalue weighted by Crippen LogP contribution is -2.37. The molecule has 8 nitrogen and oxygen atoms in total. The van der Waals surface area contributed by atoms with Crippen molar-refractivity contribution in [2.45, 2.75) is 6.92 Å². The van der Waals surface area contributed by atoms with Crippen molar-refractivity contribution in [3.8, 4) is 5.75 Å². The molecule has 1 heterocycles. The summed E-state index contributed by atoms with van der Waals surface area (Å²) < 4.78 is 5.19. The van der Waals surface area contributed by atoms with Crippen molar-refractivity contribution in [2.75, 3.05) is 19.7 Å². The average Bonchev–Trinajstić information content (AvgIpc) is 2.82. The molecule has 1 aromatic carbocycles. The number of nitrogens with one attached hydrogen (secondary N) is 1. The van der Waals surface area contributed by atoms with Crippen molar-refractivity contribution >= 4 is 17.6 Å². The normalized spacial score (nSPS) is 14.1. The van der Waals surface area contributed by atoms with E-state index in [0.717, 1.165) is 10.5 Å². The maximum Gasteiger partial charge on any atom is 0.324 e. The van der Waals surface area contributed by atoms with Gasteiger partial charge >= 0.3 is 11.7 Å². The highest BCUT2D eigenvalue weighted by Gasteiger charge is 2.27. The smallest absolute Gasteiger partial charge is 0.324 e. The Hall–Kier alpha value is -2.64. The van der Waals surface area contributed by atoms with Crippen LogP contribution < -0.4 is 10.1 Å². The number of benzene rings is 1. The molecule has 0 bridgehead atoms. The van der Waals surface area contributed by atoms with Crippen molar-refractivity contribution in [1.82, 2.24) is 10.2 Å². The number of carbonyl (C=O) groups is 2. The molecule has 8 heteroatoms. The first kappa shape index (κ1) is 13.8. The second-order valence-corrected chi connectivity index (χ2v) is 4.29. The number of aryl methyl sites for hydroxylation is 1. The molecular formula is C12H13N3O5. The molecular weight excluding hydrogens is 266 g/mol. The van der Waals surface area contributed by atoms with Gasteiger partial charge in [-0.25, -0.2) is 4.79 Å². The first-order valence-corrected chi connectivity index (χ1v) is 5.95. The lowest BCUT2D eigenvalue weighted by molar-refractivity contribution is -0.385. The van der Waals surface area contributed by atoms with Gasteiger partial charge in [0.25, 0.3) is 5.91 Å². The van der Waals surface area contributed by atoms with E-state index in [0.29, 0.717) is 6.54 Å². The van der Waals surface area contributed by atoms with Crippen LogP contribution in [0.1, 0.15) is 5.56 Å². The summed E-state index contributed by atoms with van der Waals surface area (Å²) in [5.74, 6) is -0.515. The Labute approximate surface area is 114 Å². The molecule has 0 saturated carbocycles. The lowest BCUT2D eigenvalue weighted by Gasteiger charge is -2.13. The van der Waals surface area contributed by atoms with Gasteiger partial charge in [-0.15, -0.1) is 0 Å². The van der Waals surface area contributed by atoms with Crippen LogP contribution >= 0.6 is 0 Å². The van der Waals surface area contributed by atoms with Crippen LogP contribution in [-0.2, 0) is 4.79 Å². The fraction of sp³-hybridized carbons (Fsp3) is 0.333. The molecule has 0 atom stereocenters. The van der Waals surface area contributed by atoms with Crippen LogP contribution in [-0.4, -0.2) is 41.5 Å². The van der Waals surface area contributed by atoms with Crippen LogP contribution in [0, 0.1) is 17.0 Å². The van der Waals surface area contributed by atoms with E-state index in [-0.39, 0.29) is 18.0 Å². The summed E-state index contributed by atoms with van der Waals surface area (Å²) in [6.45, 7) is 2.01. The molecule has 1 fully saturated rings. The summed E-state index contributed by atoms with van der Waals surface area (Å²) in [7, 11) is 0. The Morgan fingerprint density at radius 2 is 2.30 bits per heavy atom. The second-order valence-electron chi connectivity index (χ2n) is 4.29. The van der Waals surface area contributed by atoms with E-state index in [1.807, 2.05) is 0 Å². The number of carbonyl (C=O) groups excluding carboxylic acids is 2. The van der Waals surface area contributed by atoms with Gasteiger partial charge in [0.2, 0.25) is 0 Å². The van der Waals surface area contributed by atoms with Crippen LogP contribution in [0.2, 0.25) is 0 Å². The van der Waals surface area contributed by atoms with E-state index in [4.69, 9.17) is 4.74 Å². The number of urea groups is 1. The minimum Gasteiger partial charge on any atom is -0.477 e. The van der Waals surface area contributed by atoms with Crippen molar-refractivity contribution in [3.63, 3.8) is 0 Å². The van der Waals surface area contributed by atoms with Gasteiger partial charge in [-0.05, 0) is 18.6 Å². The Morgan fingerprint density at radius 3 is 2.90 bits per heavy atom. The van der Waals surface area contributed by atoms with Gasteiger partial charge in [0.1, 0.15) is 0 Å². The third kappa shape index (κ3) is 2.85. The van der Waals surface area contributed by atoms with Crippen LogP contribution in [0.25, 0.3) is 0 Å². The van der Waals surface area contributed by atoms with E-state index in [1.54, 1.807) is 13.0 Å². The third-order valence-electron chi connectivity index (χ3n) is 2.82. The van der Waals surface area contributed by atoms with Crippen LogP contribution in [0.3, 0.4) is 0 Å². The molecule has 1 aliphatic rings. The Morgan fingerprint density at radius 1 is 1.55 bits per heavy atom. The average molecular weight is 279 g/mol. The Balaban J connectivity index is 2.07. The molecule has 1 aliphatic heterocycles. The summed E-state index contributed by atoms with van der Waals surface area (Å²) in [4.78, 5) is 34.3. The number of imide groups is 1. The molecule has 3 amide bonds. The zero-order chi connectivity index (χ0) is 14.7. The molecule has 0 spiro atoms. The maximum absolute atomic E-state index is 11.8. The highest BCUT2D eigenvalue weighted by Crippen LogP contribution is 2.27. The topological polar surface area (TPSA) is 102 Å². The Bertz CT molecular complexity index is 572. The molecule has 0 radical (unpaired) electrons. The van der Waals surface area contributed by atoms with E-state index in [2.05, 4.69) is 5.32 Å². The highest BCUT2D eigenvalue weighted by atomic mass is 16.6. The number of nitro benzene ring substituents is 1. The lowest BCUT2D eigenvalue weighted by atomic mass is 10.2. The fourth-order valence-electron chi connectivity index (χ4n) is 1.81. The summed E-state index contributed by atoms with van der Waals surface area (Å²) in [6, 6.07) is 3.91. The first-order valence-electron chi connectivity index (χ1n) is 5.95. The van der Waals surface area contributed by atoms with Gasteiger partial charge in [-0.2, -0.15) is 0 Å². The first-order chi connectivity index (χ1) is 9.49. The fourth-order valence-corrected chi connectivity index (χ4v) is 1.81. The zero-order valence-electron chi connectivity index (χ0n) is 10.8. The number of nitro groups is 1. The van der Waals surface area contributed by atoms with E-state index in [1.165, 1.54) is 12.1 Å². The molecule has 1 N–H and O–H groups in total. The monoisotopic (exact) mass is 279 g/mol. The zero-order valence-corrected chi connectivity index (χ0v) is 10.8. The van der Waals surface area contributed by atoms with Crippen molar-refractivity contribution in [2.24, 2.45) is 0 Å².